The van der Waals surface area contributed by atoms with Crippen molar-refractivity contribution in [2.24, 2.45) is 0 Å². The maximum Gasteiger partial charge on any atom is 0.217 e. The van der Waals surface area contributed by atoms with E-state index in [1.54, 1.807) is 0 Å². The topological polar surface area (TPSA) is 779 Å². The monoisotopic (exact) mass is 1640 g/mol. The van der Waals surface area contributed by atoms with E-state index in [0.717, 1.165) is 27.7 Å². The Morgan fingerprint density at radius 1 is 0.232 bits per heavy atom. The average molecular weight is 1640 g/mol. The molecule has 0 aromatic heterocycles. The summed E-state index contributed by atoms with van der Waals surface area (Å²) in [6.45, 7) is -5.97. The van der Waals surface area contributed by atoms with Crippen molar-refractivity contribution in [1.82, 2.24) is 21.3 Å². The summed E-state index contributed by atoms with van der Waals surface area (Å²) in [6.07, 6.45) is -85.1. The molecule has 0 radical (unpaired) electrons. The molecule has 9 aliphatic heterocycles. The third-order valence-electron chi connectivity index (χ3n) is 20.4. The summed E-state index contributed by atoms with van der Waals surface area (Å²) in [7, 11) is 0. The molecule has 0 bridgehead atoms. The first kappa shape index (κ1) is 92.1. The summed E-state index contributed by atoms with van der Waals surface area (Å²) in [5.41, 5.74) is 0. The van der Waals surface area contributed by atoms with Gasteiger partial charge in [0.2, 0.25) is 23.6 Å². The smallest absolute Gasteiger partial charge is 0.217 e. The zero-order chi connectivity index (χ0) is 82.5. The van der Waals surface area contributed by atoms with Crippen LogP contribution in [0.1, 0.15) is 27.7 Å². The molecule has 648 valence electrons. The number of hydrogen-bond donors (Lipinski definition) is 29. The number of ether oxygens (including phenoxy) is 17. The van der Waals surface area contributed by atoms with Crippen LogP contribution < -0.4 is 21.3 Å². The molecule has 50 heteroatoms. The van der Waals surface area contributed by atoms with E-state index in [4.69, 9.17) is 80.5 Å². The molecule has 29 N–H and O–H groups in total. The predicted molar refractivity (Wildman–Crippen MR) is 343 cm³/mol. The number of rotatable bonds is 29. The lowest BCUT2D eigenvalue weighted by atomic mass is 9.93. The Morgan fingerprint density at radius 2 is 0.491 bits per heavy atom. The fourth-order valence-corrected chi connectivity index (χ4v) is 14.4. The molecule has 0 saturated carbocycles. The van der Waals surface area contributed by atoms with E-state index in [2.05, 4.69) is 21.3 Å². The minimum Gasteiger partial charge on any atom is -0.394 e. The van der Waals surface area contributed by atoms with E-state index in [-0.39, 0.29) is 0 Å². The van der Waals surface area contributed by atoms with Gasteiger partial charge in [0.25, 0.3) is 0 Å². The van der Waals surface area contributed by atoms with Gasteiger partial charge in [0.1, 0.15) is 219 Å². The normalized spacial score (nSPS) is 48.9. The highest BCUT2D eigenvalue weighted by molar-refractivity contribution is 5.74. The number of nitrogens with one attached hydrogen (secondary N) is 4. The molecule has 9 rings (SSSR count). The lowest BCUT2D eigenvalue weighted by Gasteiger charge is -2.51. The van der Waals surface area contributed by atoms with Crippen molar-refractivity contribution < 1.29 is 227 Å². The number of carbonyl (C=O) groups excluding carboxylic acids is 4. The van der Waals surface area contributed by atoms with Gasteiger partial charge in [-0.3, -0.25) is 19.2 Å². The highest BCUT2D eigenvalue weighted by Crippen LogP contribution is 2.40. The molecule has 0 aliphatic carbocycles. The van der Waals surface area contributed by atoms with Crippen LogP contribution in [-0.4, -0.2) is 487 Å². The van der Waals surface area contributed by atoms with Gasteiger partial charge < -0.3 is 229 Å². The van der Waals surface area contributed by atoms with Crippen molar-refractivity contribution >= 4 is 23.6 Å². The molecule has 112 heavy (non-hydrogen) atoms. The maximum atomic E-state index is 13.0. The fourth-order valence-electron chi connectivity index (χ4n) is 14.4. The van der Waals surface area contributed by atoms with Crippen LogP contribution in [0.15, 0.2) is 0 Å². The third kappa shape index (κ3) is 20.2. The maximum absolute atomic E-state index is 13.0. The van der Waals surface area contributed by atoms with E-state index in [0.29, 0.717) is 0 Å². The first-order chi connectivity index (χ1) is 53.0. The van der Waals surface area contributed by atoms with E-state index in [1.807, 2.05) is 0 Å². The van der Waals surface area contributed by atoms with Gasteiger partial charge in [-0.1, -0.05) is 0 Å². The van der Waals surface area contributed by atoms with Crippen LogP contribution in [0.4, 0.5) is 0 Å². The van der Waals surface area contributed by atoms with Crippen LogP contribution in [0.3, 0.4) is 0 Å². The highest BCUT2D eigenvalue weighted by Gasteiger charge is 2.61. The van der Waals surface area contributed by atoms with Gasteiger partial charge in [0.15, 0.2) is 56.6 Å². The number of aliphatic hydroxyl groups is 25. The molecule has 9 saturated heterocycles. The first-order valence-electron chi connectivity index (χ1n) is 35.6. The Balaban J connectivity index is 1.03. The molecule has 4 amide bonds. The number of amides is 4. The van der Waals surface area contributed by atoms with Crippen LogP contribution in [0, 0.1) is 0 Å². The van der Waals surface area contributed by atoms with Crippen molar-refractivity contribution in [2.75, 3.05) is 59.5 Å². The molecule has 0 unspecified atom stereocenters. The summed E-state index contributed by atoms with van der Waals surface area (Å²) in [6, 6.07) is -7.31. The van der Waals surface area contributed by atoms with Crippen molar-refractivity contribution in [2.45, 2.75) is 304 Å². The number of aliphatic hydroxyl groups excluding tert-OH is 25. The molecular weight excluding hydrogens is 1540 g/mol. The van der Waals surface area contributed by atoms with Crippen LogP contribution in [-0.2, 0) is 99.7 Å². The molecule has 45 atom stereocenters. The number of carbonyl (C=O) groups is 4. The highest BCUT2D eigenvalue weighted by atomic mass is 16.8. The predicted octanol–water partition coefficient (Wildman–Crippen LogP) is -20.1. The molecule has 0 aromatic rings. The lowest BCUT2D eigenvalue weighted by molar-refractivity contribution is -0.397. The van der Waals surface area contributed by atoms with Crippen LogP contribution in [0.25, 0.3) is 0 Å². The van der Waals surface area contributed by atoms with Gasteiger partial charge in [0.05, 0.1) is 59.5 Å². The summed E-state index contributed by atoms with van der Waals surface area (Å²) < 4.78 is 100. The second kappa shape index (κ2) is 40.3. The summed E-state index contributed by atoms with van der Waals surface area (Å²) in [5, 5.41) is 287. The van der Waals surface area contributed by atoms with E-state index in [1.165, 1.54) is 0 Å². The van der Waals surface area contributed by atoms with Gasteiger partial charge in [-0.2, -0.15) is 0 Å². The summed E-state index contributed by atoms with van der Waals surface area (Å²) in [5.74, 6) is -3.56. The minimum atomic E-state index is -2.54. The van der Waals surface area contributed by atoms with Crippen molar-refractivity contribution in [3.63, 3.8) is 0 Å². The molecule has 9 aliphatic rings. The van der Waals surface area contributed by atoms with Gasteiger partial charge >= 0.3 is 0 Å². The average Bonchev–Trinajstić information content (AvgIpc) is 0.772. The van der Waals surface area contributed by atoms with Crippen LogP contribution in [0.5, 0.6) is 0 Å². The second-order valence-corrected chi connectivity index (χ2v) is 28.2. The SMILES string of the molecule is CC(=O)N[C@@H]1[C@@H](O)[C@H](O[C@@H]2O[C@H](CO)[C@@H](O[C@@H]3O[C@H](CO[C@H]4O[C@H](CO)[C@@H](O)[C@H](O)[C@@H]4O[C@@H]4O[C@H](CO)[C@@H](O[C@@H]5O[C@H](CO)[C@H](O)[C@H](O[C@H]6O[C@H](CO)[C@H](O)[C@H](O)[C@H]6O)[C@H]5O)[C@H](O)[C@H]4NC(C)=O)[C@@H](O)[C@H](O[C@H]4O[C@H](CO)[C@@H](O)[C@H](O)[C@@H]4O[C@@H]4O[C@H](CO)[C@@H](O)[C@H](O)[C@H]4NC(C)=O)[C@@H]3O)[C@H](O)[C@H]2NC(C)=O)[C@@H](CO)O[C@H]1O. The molecule has 0 spiro atoms. The zero-order valence-corrected chi connectivity index (χ0v) is 60.1. The largest absolute Gasteiger partial charge is 0.394 e. The Bertz CT molecular complexity index is 2970. The summed E-state index contributed by atoms with van der Waals surface area (Å²) in [4.78, 5) is 50.6. The van der Waals surface area contributed by atoms with Crippen molar-refractivity contribution in [1.29, 1.82) is 0 Å². The van der Waals surface area contributed by atoms with E-state index < -0.39 is 359 Å². The van der Waals surface area contributed by atoms with Crippen LogP contribution >= 0.6 is 0 Å². The zero-order valence-electron chi connectivity index (χ0n) is 60.1. The molecule has 0 aromatic carbocycles. The van der Waals surface area contributed by atoms with Gasteiger partial charge in [0, 0.05) is 27.7 Å². The molecule has 50 nitrogen and oxygen atoms in total. The van der Waals surface area contributed by atoms with Gasteiger partial charge in [-0.15, -0.1) is 0 Å². The Morgan fingerprint density at radius 3 is 0.902 bits per heavy atom. The second-order valence-electron chi connectivity index (χ2n) is 28.2. The third-order valence-corrected chi connectivity index (χ3v) is 20.4. The Hall–Kier alpha value is -3.80. The quantitative estimate of drug-likeness (QED) is 0.0331. The summed E-state index contributed by atoms with van der Waals surface area (Å²) >= 11 is 0. The van der Waals surface area contributed by atoms with Gasteiger partial charge in [-0.25, -0.2) is 0 Å². The van der Waals surface area contributed by atoms with Crippen molar-refractivity contribution in [3.05, 3.63) is 0 Å². The van der Waals surface area contributed by atoms with Crippen LogP contribution in [0.2, 0.25) is 0 Å². The first-order valence-corrected chi connectivity index (χ1v) is 35.6. The molecule has 9 fully saturated rings. The van der Waals surface area contributed by atoms with E-state index >= 15 is 0 Å². The van der Waals surface area contributed by atoms with E-state index in [9.17, 15) is 147 Å². The molecule has 9 heterocycles. The Labute approximate surface area is 634 Å². The van der Waals surface area contributed by atoms with Crippen molar-refractivity contribution in [3.8, 4) is 0 Å². The molecular formula is C62H104N4O46. The fraction of sp³-hybridized carbons (Fsp3) is 0.935. The minimum absolute atomic E-state index is 0.783. The van der Waals surface area contributed by atoms with Gasteiger partial charge in [-0.05, 0) is 0 Å². The number of hydrogen-bond acceptors (Lipinski definition) is 46. The Kier molecular flexibility index (Phi) is 33.1. The standard InChI is InChI=1S/C62H104N4O46/c1-14(75)63-27-38(86)47(23(10-72)97-54(27)95)106-56-29(65-16(3)77)39(87)49(24(11-73)103-56)108-60-46(94)51(110-62-53(43(91)34(82)21(8-70)102-62)112-55-28(64-15(2)76)37(85)31(79)18(5-67)98-55)36(84)26(105-60)13-96-61-52(42(90)33(81)20(7-69)101-61)111-57-30(66-17(4)78)40(88)48(25(12-74)104-57)107-59-45(93)50(35(83)22(9-71)100-59)109-58-44(92)41(89)32(80)19(6-68)99-58/h18-62,67-74,79-95H,5-13H2,1-4H3,(H,63,75)(H,64,76)(H,65,77)(H,66,78)/t18-,19-,20-,21-,22-,23-,24-,25-,26-,27-,28-,29-,30-,31-,32+,33-,34-,35+,36-,37-,38-,39-,40-,41+,42+,43+,44-,45-,46+,47-,48-,49-,50+,51+,52+,53+,54-,55+,56+,57+,58-,59+,60+,61+,62-/m1/s1. The lowest BCUT2D eigenvalue weighted by Crippen LogP contribution is -2.70.